The summed E-state index contributed by atoms with van der Waals surface area (Å²) >= 11 is 0. The van der Waals surface area contributed by atoms with Crippen LogP contribution in [0.15, 0.2) is 24.5 Å². The number of aryl methyl sites for hydroxylation is 1. The van der Waals surface area contributed by atoms with Gasteiger partial charge in [-0.25, -0.2) is 9.78 Å². The lowest BCUT2D eigenvalue weighted by Crippen LogP contribution is -2.51. The highest BCUT2D eigenvalue weighted by Crippen LogP contribution is 2.18. The summed E-state index contributed by atoms with van der Waals surface area (Å²) in [6.07, 6.45) is 4.45. The fourth-order valence-electron chi connectivity index (χ4n) is 3.10. The molecule has 2 amide bonds. The predicted octanol–water partition coefficient (Wildman–Crippen LogP) is 2.57. The number of carbonyl (C=O) groups excluding carboxylic acids is 2. The number of aromatic nitrogens is 2. The lowest BCUT2D eigenvalue weighted by atomic mass is 10.1. The molecule has 1 fully saturated rings. The zero-order valence-corrected chi connectivity index (χ0v) is 15.6. The number of ether oxygens (including phenoxy) is 1. The molecule has 1 saturated heterocycles. The number of hydrogen-bond donors (Lipinski definition) is 1. The Morgan fingerprint density at radius 1 is 1.15 bits per heavy atom. The van der Waals surface area contributed by atoms with Crippen molar-refractivity contribution in [2.45, 2.75) is 39.2 Å². The van der Waals surface area contributed by atoms with Gasteiger partial charge < -0.3 is 19.5 Å². The molecule has 7 nitrogen and oxygen atoms in total. The summed E-state index contributed by atoms with van der Waals surface area (Å²) in [6.45, 7) is 7.68. The normalized spacial score (nSPS) is 15.3. The lowest BCUT2D eigenvalue weighted by molar-refractivity contribution is -0.132. The van der Waals surface area contributed by atoms with Crippen molar-refractivity contribution in [3.8, 4) is 0 Å². The third kappa shape index (κ3) is 4.33. The molecule has 2 aromatic heterocycles. The second-order valence-corrected chi connectivity index (χ2v) is 7.56. The zero-order chi connectivity index (χ0) is 18.7. The quantitative estimate of drug-likeness (QED) is 0.915. The molecule has 1 aliphatic rings. The third-order valence-corrected chi connectivity index (χ3v) is 4.44. The van der Waals surface area contributed by atoms with Gasteiger partial charge in [-0.05, 0) is 44.9 Å². The number of nitrogens with zero attached hydrogens (tertiary/aromatic N) is 3. The van der Waals surface area contributed by atoms with Crippen molar-refractivity contribution in [1.82, 2.24) is 19.8 Å². The maximum Gasteiger partial charge on any atom is 0.410 e. The van der Waals surface area contributed by atoms with Crippen molar-refractivity contribution in [1.29, 1.82) is 0 Å². The average Bonchev–Trinajstić information content (AvgIpc) is 3.07. The smallest absolute Gasteiger partial charge is 0.410 e. The second kappa shape index (κ2) is 7.35. The van der Waals surface area contributed by atoms with Crippen LogP contribution in [0.2, 0.25) is 0 Å². The number of H-pyrrole nitrogens is 1. The van der Waals surface area contributed by atoms with Gasteiger partial charge in [-0.15, -0.1) is 0 Å². The van der Waals surface area contributed by atoms with Crippen molar-refractivity contribution in [2.24, 2.45) is 0 Å². The Morgan fingerprint density at radius 3 is 2.54 bits per heavy atom. The van der Waals surface area contributed by atoms with Gasteiger partial charge >= 0.3 is 6.09 Å². The van der Waals surface area contributed by atoms with Crippen LogP contribution < -0.4 is 0 Å². The molecule has 0 saturated carbocycles. The Balaban J connectivity index is 1.50. The number of hydrogen-bond acceptors (Lipinski definition) is 4. The Morgan fingerprint density at radius 2 is 1.85 bits per heavy atom. The van der Waals surface area contributed by atoms with Crippen LogP contribution in [-0.2, 0) is 16.0 Å². The molecule has 140 valence electrons. The summed E-state index contributed by atoms with van der Waals surface area (Å²) in [5.74, 6) is 0.120. The SMILES string of the molecule is CC(C)(C)OC(=O)N1CCN(C(=O)CCc2ccnc3[nH]ccc23)CC1. The minimum Gasteiger partial charge on any atom is -0.444 e. The Labute approximate surface area is 153 Å². The van der Waals surface area contributed by atoms with Crippen LogP contribution in [0.25, 0.3) is 11.0 Å². The standard InChI is InChI=1S/C19H26N4O3/c1-19(2,3)26-18(25)23-12-10-22(11-13-23)16(24)5-4-14-6-8-20-17-15(14)7-9-21-17/h6-9H,4-5,10-13H2,1-3H3,(H,20,21). The summed E-state index contributed by atoms with van der Waals surface area (Å²) < 4.78 is 5.39. The summed E-state index contributed by atoms with van der Waals surface area (Å²) in [4.78, 5) is 35.5. The first-order valence-corrected chi connectivity index (χ1v) is 9.00. The molecule has 0 aliphatic carbocycles. The number of piperazine rings is 1. The molecule has 2 aromatic rings. The van der Waals surface area contributed by atoms with Gasteiger partial charge in [0, 0.05) is 50.4 Å². The summed E-state index contributed by atoms with van der Waals surface area (Å²) in [7, 11) is 0. The van der Waals surface area contributed by atoms with E-state index in [2.05, 4.69) is 9.97 Å². The third-order valence-electron chi connectivity index (χ3n) is 4.44. The maximum absolute atomic E-state index is 12.5. The molecule has 0 bridgehead atoms. The Bertz CT molecular complexity index is 785. The van der Waals surface area contributed by atoms with Crippen molar-refractivity contribution in [3.63, 3.8) is 0 Å². The molecule has 3 rings (SSSR count). The zero-order valence-electron chi connectivity index (χ0n) is 15.6. The largest absolute Gasteiger partial charge is 0.444 e. The van der Waals surface area contributed by atoms with E-state index in [9.17, 15) is 9.59 Å². The van der Waals surface area contributed by atoms with Gasteiger partial charge in [0.25, 0.3) is 0 Å². The van der Waals surface area contributed by atoms with E-state index in [1.165, 1.54) is 0 Å². The van der Waals surface area contributed by atoms with Gasteiger partial charge in [0.2, 0.25) is 5.91 Å². The highest BCUT2D eigenvalue weighted by atomic mass is 16.6. The van der Waals surface area contributed by atoms with Crippen molar-refractivity contribution in [3.05, 3.63) is 30.1 Å². The second-order valence-electron chi connectivity index (χ2n) is 7.56. The molecule has 0 aromatic carbocycles. The molecular formula is C19H26N4O3. The van der Waals surface area contributed by atoms with E-state index < -0.39 is 5.60 Å². The number of aromatic amines is 1. The summed E-state index contributed by atoms with van der Waals surface area (Å²) in [5, 5.41) is 1.06. The van der Waals surface area contributed by atoms with E-state index in [-0.39, 0.29) is 12.0 Å². The van der Waals surface area contributed by atoms with Crippen LogP contribution in [0.3, 0.4) is 0 Å². The lowest BCUT2D eigenvalue weighted by Gasteiger charge is -2.35. The number of pyridine rings is 1. The molecule has 1 N–H and O–H groups in total. The van der Waals surface area contributed by atoms with E-state index in [1.807, 2.05) is 44.0 Å². The van der Waals surface area contributed by atoms with Gasteiger partial charge in [0.1, 0.15) is 11.2 Å². The predicted molar refractivity (Wildman–Crippen MR) is 98.8 cm³/mol. The molecule has 7 heteroatoms. The molecule has 0 radical (unpaired) electrons. The van der Waals surface area contributed by atoms with Crippen LogP contribution in [0.5, 0.6) is 0 Å². The highest BCUT2D eigenvalue weighted by Gasteiger charge is 2.27. The number of amides is 2. The fraction of sp³-hybridized carbons (Fsp3) is 0.526. The number of rotatable bonds is 3. The van der Waals surface area contributed by atoms with Gasteiger partial charge in [0.05, 0.1) is 0 Å². The monoisotopic (exact) mass is 358 g/mol. The Kier molecular flexibility index (Phi) is 5.15. The van der Waals surface area contributed by atoms with Crippen LogP contribution in [-0.4, -0.2) is 63.5 Å². The molecule has 0 unspecified atom stereocenters. The van der Waals surface area contributed by atoms with Gasteiger partial charge in [-0.1, -0.05) is 0 Å². The van der Waals surface area contributed by atoms with Crippen LogP contribution >= 0.6 is 0 Å². The molecule has 0 spiro atoms. The van der Waals surface area contributed by atoms with Crippen molar-refractivity contribution < 1.29 is 14.3 Å². The van der Waals surface area contributed by atoms with Crippen LogP contribution in [0.1, 0.15) is 32.8 Å². The maximum atomic E-state index is 12.5. The van der Waals surface area contributed by atoms with Crippen LogP contribution in [0, 0.1) is 0 Å². The molecular weight excluding hydrogens is 332 g/mol. The minimum absolute atomic E-state index is 0.120. The van der Waals surface area contributed by atoms with Crippen molar-refractivity contribution >= 4 is 23.0 Å². The van der Waals surface area contributed by atoms with E-state index >= 15 is 0 Å². The first-order chi connectivity index (χ1) is 12.3. The van der Waals surface area contributed by atoms with Gasteiger partial charge in [-0.3, -0.25) is 4.79 Å². The summed E-state index contributed by atoms with van der Waals surface area (Å²) in [6, 6.07) is 3.95. The first kappa shape index (κ1) is 18.2. The van der Waals surface area contributed by atoms with Gasteiger partial charge in [0.15, 0.2) is 0 Å². The molecule has 3 heterocycles. The number of fused-ring (bicyclic) bond motifs is 1. The topological polar surface area (TPSA) is 78.5 Å². The molecule has 26 heavy (non-hydrogen) atoms. The average molecular weight is 358 g/mol. The molecule has 1 aliphatic heterocycles. The van der Waals surface area contributed by atoms with E-state index in [0.29, 0.717) is 39.0 Å². The van der Waals surface area contributed by atoms with Gasteiger partial charge in [-0.2, -0.15) is 0 Å². The minimum atomic E-state index is -0.502. The van der Waals surface area contributed by atoms with Crippen molar-refractivity contribution in [2.75, 3.05) is 26.2 Å². The van der Waals surface area contributed by atoms with E-state index in [0.717, 1.165) is 16.6 Å². The number of carbonyl (C=O) groups is 2. The highest BCUT2D eigenvalue weighted by molar-refractivity contribution is 5.81. The fourth-order valence-corrected chi connectivity index (χ4v) is 3.10. The summed E-state index contributed by atoms with van der Waals surface area (Å²) in [5.41, 5.74) is 1.47. The first-order valence-electron chi connectivity index (χ1n) is 9.00. The van der Waals surface area contributed by atoms with E-state index in [4.69, 9.17) is 4.74 Å². The van der Waals surface area contributed by atoms with E-state index in [1.54, 1.807) is 11.1 Å². The molecule has 0 atom stereocenters. The number of nitrogens with one attached hydrogen (secondary N) is 1. The Hall–Kier alpha value is -2.57. The van der Waals surface area contributed by atoms with Crippen LogP contribution in [0.4, 0.5) is 4.79 Å².